The van der Waals surface area contributed by atoms with Crippen LogP contribution < -0.4 is 14.8 Å². The molecule has 0 bridgehead atoms. The zero-order chi connectivity index (χ0) is 24.3. The van der Waals surface area contributed by atoms with Crippen LogP contribution in [0.3, 0.4) is 0 Å². The van der Waals surface area contributed by atoms with Crippen LogP contribution in [-0.4, -0.2) is 42.5 Å². The number of carbonyl (C=O) groups excluding carboxylic acids is 2. The van der Waals surface area contributed by atoms with Crippen molar-refractivity contribution >= 4 is 27.7 Å². The maximum absolute atomic E-state index is 13.2. The quantitative estimate of drug-likeness (QED) is 0.390. The summed E-state index contributed by atoms with van der Waals surface area (Å²) in [6, 6.07) is 14.9. The topological polar surface area (TPSA) is 67.9 Å². The van der Waals surface area contributed by atoms with Gasteiger partial charge in [0.1, 0.15) is 17.5 Å². The molecule has 1 atom stereocenters. The molecule has 6 nitrogen and oxygen atoms in total. The van der Waals surface area contributed by atoms with E-state index in [9.17, 15) is 9.59 Å². The Hall–Kier alpha value is -2.54. The van der Waals surface area contributed by atoms with Gasteiger partial charge in [0.15, 0.2) is 0 Å². The number of halogens is 1. The second kappa shape index (κ2) is 13.4. The number of nitrogens with one attached hydrogen (secondary N) is 1. The molecule has 34 heavy (non-hydrogen) atoms. The van der Waals surface area contributed by atoms with Gasteiger partial charge in [0, 0.05) is 23.5 Å². The highest BCUT2D eigenvalue weighted by Crippen LogP contribution is 2.20. The first-order valence-electron chi connectivity index (χ1n) is 12.1. The molecule has 0 saturated heterocycles. The third kappa shape index (κ3) is 8.05. The highest BCUT2D eigenvalue weighted by molar-refractivity contribution is 9.10. The van der Waals surface area contributed by atoms with Crippen LogP contribution in [0, 0.1) is 0 Å². The number of amides is 2. The van der Waals surface area contributed by atoms with Gasteiger partial charge in [0.05, 0.1) is 13.7 Å². The molecule has 0 aliphatic heterocycles. The lowest BCUT2D eigenvalue weighted by atomic mass is 9.95. The van der Waals surface area contributed by atoms with Crippen molar-refractivity contribution in [3.8, 4) is 11.5 Å². The molecule has 0 unspecified atom stereocenters. The van der Waals surface area contributed by atoms with E-state index in [4.69, 9.17) is 9.47 Å². The fourth-order valence-corrected chi connectivity index (χ4v) is 4.43. The molecule has 1 aliphatic rings. The van der Waals surface area contributed by atoms with Gasteiger partial charge < -0.3 is 19.7 Å². The number of benzene rings is 2. The Morgan fingerprint density at radius 1 is 1.03 bits per heavy atom. The van der Waals surface area contributed by atoms with Crippen molar-refractivity contribution in [3.63, 3.8) is 0 Å². The molecule has 2 aromatic rings. The van der Waals surface area contributed by atoms with E-state index in [2.05, 4.69) is 21.2 Å². The van der Waals surface area contributed by atoms with E-state index in [0.29, 0.717) is 26.0 Å². The number of carbonyl (C=O) groups is 2. The second-order valence-electron chi connectivity index (χ2n) is 8.80. The van der Waals surface area contributed by atoms with Crippen LogP contribution in [0.25, 0.3) is 0 Å². The van der Waals surface area contributed by atoms with Gasteiger partial charge >= 0.3 is 0 Å². The molecule has 2 amide bonds. The SMILES string of the molecule is COc1ccc(OCCCC(=O)N(Cc2ccc(Br)cc2)[C@H](C)C(=O)NC2CCCCC2)cc1. The maximum atomic E-state index is 13.2. The lowest BCUT2D eigenvalue weighted by Gasteiger charge is -2.31. The Balaban J connectivity index is 1.58. The normalized spacial score (nSPS) is 14.8. The molecule has 1 N–H and O–H groups in total. The van der Waals surface area contributed by atoms with Gasteiger partial charge in [-0.15, -0.1) is 0 Å². The van der Waals surface area contributed by atoms with Crippen LogP contribution in [0.2, 0.25) is 0 Å². The predicted molar refractivity (Wildman–Crippen MR) is 137 cm³/mol. The highest BCUT2D eigenvalue weighted by atomic mass is 79.9. The molecule has 0 heterocycles. The van der Waals surface area contributed by atoms with E-state index in [-0.39, 0.29) is 17.9 Å². The van der Waals surface area contributed by atoms with Gasteiger partial charge in [-0.2, -0.15) is 0 Å². The van der Waals surface area contributed by atoms with Crippen LogP contribution in [0.1, 0.15) is 57.4 Å². The number of ether oxygens (including phenoxy) is 2. The molecule has 0 spiro atoms. The largest absolute Gasteiger partial charge is 0.497 e. The average Bonchev–Trinajstić information content (AvgIpc) is 2.86. The summed E-state index contributed by atoms with van der Waals surface area (Å²) in [5.74, 6) is 1.38. The van der Waals surface area contributed by atoms with E-state index in [1.54, 1.807) is 12.0 Å². The zero-order valence-corrected chi connectivity index (χ0v) is 21.7. The molecule has 0 radical (unpaired) electrons. The first kappa shape index (κ1) is 26.1. The predicted octanol–water partition coefficient (Wildman–Crippen LogP) is 5.48. The summed E-state index contributed by atoms with van der Waals surface area (Å²) in [5.41, 5.74) is 0.989. The molecular weight excluding hydrogens is 496 g/mol. The summed E-state index contributed by atoms with van der Waals surface area (Å²) in [4.78, 5) is 27.9. The number of methoxy groups -OCH3 is 1. The van der Waals surface area contributed by atoms with E-state index in [1.165, 1.54) is 6.42 Å². The first-order valence-corrected chi connectivity index (χ1v) is 12.9. The number of nitrogens with zero attached hydrogens (tertiary/aromatic N) is 1. The van der Waals surface area contributed by atoms with Gasteiger partial charge in [0.25, 0.3) is 0 Å². The lowest BCUT2D eigenvalue weighted by Crippen LogP contribution is -2.50. The van der Waals surface area contributed by atoms with Crippen molar-refractivity contribution < 1.29 is 19.1 Å². The van der Waals surface area contributed by atoms with Gasteiger partial charge in [-0.3, -0.25) is 9.59 Å². The second-order valence-corrected chi connectivity index (χ2v) is 9.71. The minimum absolute atomic E-state index is 0.0486. The molecule has 1 saturated carbocycles. The minimum Gasteiger partial charge on any atom is -0.497 e. The molecule has 3 rings (SSSR count). The van der Waals surface area contributed by atoms with Crippen molar-refractivity contribution in [2.75, 3.05) is 13.7 Å². The van der Waals surface area contributed by atoms with Crippen molar-refractivity contribution in [2.45, 2.75) is 70.5 Å². The van der Waals surface area contributed by atoms with Crippen molar-refractivity contribution in [1.82, 2.24) is 10.2 Å². The summed E-state index contributed by atoms with van der Waals surface area (Å²) in [6.07, 6.45) is 6.44. The Morgan fingerprint density at radius 2 is 1.68 bits per heavy atom. The monoisotopic (exact) mass is 530 g/mol. The van der Waals surface area contributed by atoms with Crippen molar-refractivity contribution in [3.05, 3.63) is 58.6 Å². The molecule has 184 valence electrons. The summed E-state index contributed by atoms with van der Waals surface area (Å²) < 4.78 is 11.9. The number of hydrogen-bond donors (Lipinski definition) is 1. The third-order valence-electron chi connectivity index (χ3n) is 6.25. The van der Waals surface area contributed by atoms with Gasteiger partial charge in [-0.05, 0) is 68.1 Å². The van der Waals surface area contributed by atoms with Crippen LogP contribution >= 0.6 is 15.9 Å². The molecule has 0 aromatic heterocycles. The van der Waals surface area contributed by atoms with Gasteiger partial charge in [-0.25, -0.2) is 0 Å². The van der Waals surface area contributed by atoms with E-state index < -0.39 is 6.04 Å². The summed E-state index contributed by atoms with van der Waals surface area (Å²) in [5, 5.41) is 3.17. The molecule has 7 heteroatoms. The fraction of sp³-hybridized carbons (Fsp3) is 0.481. The van der Waals surface area contributed by atoms with Crippen molar-refractivity contribution in [2.24, 2.45) is 0 Å². The highest BCUT2D eigenvalue weighted by Gasteiger charge is 2.27. The average molecular weight is 531 g/mol. The zero-order valence-electron chi connectivity index (χ0n) is 20.1. The van der Waals surface area contributed by atoms with E-state index in [0.717, 1.165) is 47.2 Å². The molecule has 1 fully saturated rings. The Labute approximate surface area is 211 Å². The maximum Gasteiger partial charge on any atom is 0.242 e. The Morgan fingerprint density at radius 3 is 2.32 bits per heavy atom. The first-order chi connectivity index (χ1) is 16.5. The van der Waals surface area contributed by atoms with Crippen molar-refractivity contribution in [1.29, 1.82) is 0 Å². The summed E-state index contributed by atoms with van der Waals surface area (Å²) in [6.45, 7) is 2.64. The molecule has 1 aliphatic carbocycles. The van der Waals surface area contributed by atoms with Crippen LogP contribution in [0.15, 0.2) is 53.0 Å². The van der Waals surface area contributed by atoms with Crippen LogP contribution in [0.4, 0.5) is 0 Å². The number of rotatable bonds is 11. The van der Waals surface area contributed by atoms with Crippen LogP contribution in [-0.2, 0) is 16.1 Å². The molecule has 2 aromatic carbocycles. The van der Waals surface area contributed by atoms with E-state index >= 15 is 0 Å². The Kier molecular flexibility index (Phi) is 10.3. The fourth-order valence-electron chi connectivity index (χ4n) is 4.17. The van der Waals surface area contributed by atoms with Gasteiger partial charge in [0.2, 0.25) is 11.8 Å². The summed E-state index contributed by atoms with van der Waals surface area (Å²) >= 11 is 3.45. The smallest absolute Gasteiger partial charge is 0.242 e. The minimum atomic E-state index is -0.541. The van der Waals surface area contributed by atoms with E-state index in [1.807, 2.05) is 55.5 Å². The molecular formula is C27H35BrN2O4. The van der Waals surface area contributed by atoms with Gasteiger partial charge in [-0.1, -0.05) is 47.3 Å². The van der Waals surface area contributed by atoms with Crippen LogP contribution in [0.5, 0.6) is 11.5 Å². The summed E-state index contributed by atoms with van der Waals surface area (Å²) in [7, 11) is 1.62. The lowest BCUT2D eigenvalue weighted by molar-refractivity contribution is -0.141. The number of hydrogen-bond acceptors (Lipinski definition) is 4. The standard InChI is InChI=1S/C27H35BrN2O4/c1-20(27(32)29-23-7-4-3-5-8-23)30(19-21-10-12-22(28)13-11-21)26(31)9-6-18-34-25-16-14-24(33-2)15-17-25/h10-17,20,23H,3-9,18-19H2,1-2H3,(H,29,32)/t20-/m1/s1. The third-order valence-corrected chi connectivity index (χ3v) is 6.78. The Bertz CT molecular complexity index is 911.